The van der Waals surface area contributed by atoms with Crippen molar-refractivity contribution >= 4 is 34.8 Å². The van der Waals surface area contributed by atoms with E-state index in [9.17, 15) is 4.79 Å². The molecule has 0 bridgehead atoms. The van der Waals surface area contributed by atoms with Gasteiger partial charge in [-0.3, -0.25) is 4.79 Å². The Morgan fingerprint density at radius 1 is 1.19 bits per heavy atom. The fourth-order valence-electron chi connectivity index (χ4n) is 2.73. The van der Waals surface area contributed by atoms with Crippen LogP contribution in [0.25, 0.3) is 0 Å². The number of benzene rings is 1. The zero-order valence-corrected chi connectivity index (χ0v) is 13.0. The molecule has 21 heavy (non-hydrogen) atoms. The van der Waals surface area contributed by atoms with E-state index < -0.39 is 0 Å². The number of hydrogen-bond donors (Lipinski definition) is 2. The number of halogens is 2. The zero-order valence-electron chi connectivity index (χ0n) is 11.5. The van der Waals surface area contributed by atoms with E-state index in [1.807, 2.05) is 0 Å². The smallest absolute Gasteiger partial charge is 0.253 e. The van der Waals surface area contributed by atoms with Crippen LogP contribution in [0.3, 0.4) is 0 Å². The first-order valence-corrected chi connectivity index (χ1v) is 7.82. The Morgan fingerprint density at radius 3 is 2.86 bits per heavy atom. The largest absolute Gasteiger partial charge is 0.365 e. The number of hydrogen-bond acceptors (Lipinski definition) is 2. The molecule has 2 aliphatic rings. The first-order valence-electron chi connectivity index (χ1n) is 7.06. The summed E-state index contributed by atoms with van der Waals surface area (Å²) in [5.41, 5.74) is 3.91. The van der Waals surface area contributed by atoms with Gasteiger partial charge >= 0.3 is 0 Å². The maximum Gasteiger partial charge on any atom is 0.253 e. The van der Waals surface area contributed by atoms with Crippen molar-refractivity contribution in [2.75, 3.05) is 5.32 Å². The van der Waals surface area contributed by atoms with Crippen molar-refractivity contribution in [3.63, 3.8) is 0 Å². The number of carbonyl (C=O) groups excluding carboxylic acids is 1. The maximum atomic E-state index is 12.4. The number of allylic oxidation sites excluding steroid dienone is 2. The maximum absolute atomic E-state index is 12.4. The Morgan fingerprint density at radius 2 is 2.00 bits per heavy atom. The minimum Gasteiger partial charge on any atom is -0.365 e. The molecule has 1 heterocycles. The summed E-state index contributed by atoms with van der Waals surface area (Å²) in [6, 6.07) is 5.03. The second kappa shape index (κ2) is 6.12. The minimum absolute atomic E-state index is 0.135. The first-order chi connectivity index (χ1) is 10.1. The lowest BCUT2D eigenvalue weighted by Crippen LogP contribution is -2.24. The molecule has 1 amide bonds. The van der Waals surface area contributed by atoms with Crippen LogP contribution in [0.15, 0.2) is 41.2 Å². The third-order valence-corrected chi connectivity index (χ3v) is 4.44. The van der Waals surface area contributed by atoms with Crippen LogP contribution in [0, 0.1) is 0 Å². The van der Waals surface area contributed by atoms with E-state index in [0.29, 0.717) is 22.2 Å². The van der Waals surface area contributed by atoms with Gasteiger partial charge in [0.15, 0.2) is 0 Å². The van der Waals surface area contributed by atoms with Gasteiger partial charge in [0, 0.05) is 28.9 Å². The summed E-state index contributed by atoms with van der Waals surface area (Å²) >= 11 is 12.0. The Balaban J connectivity index is 1.72. The Labute approximate surface area is 134 Å². The number of carbonyl (C=O) groups is 1. The van der Waals surface area contributed by atoms with Crippen LogP contribution in [-0.2, 0) is 4.79 Å². The third-order valence-electron chi connectivity index (χ3n) is 3.87. The van der Waals surface area contributed by atoms with E-state index in [1.54, 1.807) is 24.4 Å². The SMILES string of the molecule is O=C(Nc1cc(Cl)ccc1Cl)C1=CNC2=C(CCCC2)C1. The molecule has 110 valence electrons. The summed E-state index contributed by atoms with van der Waals surface area (Å²) in [6.07, 6.45) is 7.10. The minimum atomic E-state index is -0.135. The molecular formula is C16H16Cl2N2O. The molecule has 1 aromatic carbocycles. The molecule has 3 nitrogen and oxygen atoms in total. The molecule has 1 aliphatic heterocycles. The van der Waals surface area contributed by atoms with Crippen LogP contribution in [0.1, 0.15) is 32.1 Å². The molecule has 0 radical (unpaired) electrons. The monoisotopic (exact) mass is 322 g/mol. The highest BCUT2D eigenvalue weighted by Crippen LogP contribution is 2.31. The van der Waals surface area contributed by atoms with Crippen molar-refractivity contribution in [3.05, 3.63) is 51.3 Å². The van der Waals surface area contributed by atoms with Gasteiger partial charge in [0.1, 0.15) is 0 Å². The van der Waals surface area contributed by atoms with Crippen LogP contribution in [0.4, 0.5) is 5.69 Å². The average Bonchev–Trinajstić information content (AvgIpc) is 2.50. The molecule has 1 aliphatic carbocycles. The fraction of sp³-hybridized carbons (Fsp3) is 0.312. The third kappa shape index (κ3) is 3.25. The van der Waals surface area contributed by atoms with E-state index in [-0.39, 0.29) is 5.91 Å². The molecule has 0 unspecified atom stereocenters. The van der Waals surface area contributed by atoms with Gasteiger partial charge < -0.3 is 10.6 Å². The Bertz CT molecular complexity index is 650. The first kappa shape index (κ1) is 14.5. The van der Waals surface area contributed by atoms with E-state index in [0.717, 1.165) is 18.4 Å². The summed E-state index contributed by atoms with van der Waals surface area (Å²) in [7, 11) is 0. The fourth-order valence-corrected chi connectivity index (χ4v) is 3.07. The highest BCUT2D eigenvalue weighted by molar-refractivity contribution is 6.35. The number of nitrogens with one attached hydrogen (secondary N) is 2. The van der Waals surface area contributed by atoms with E-state index in [4.69, 9.17) is 23.2 Å². The van der Waals surface area contributed by atoms with Gasteiger partial charge in [0.25, 0.3) is 5.91 Å². The van der Waals surface area contributed by atoms with Crippen molar-refractivity contribution in [1.82, 2.24) is 5.32 Å². The zero-order chi connectivity index (χ0) is 14.8. The van der Waals surface area contributed by atoms with E-state index in [2.05, 4.69) is 10.6 Å². The molecule has 0 atom stereocenters. The Kier molecular flexibility index (Phi) is 4.22. The molecule has 2 N–H and O–H groups in total. The quantitative estimate of drug-likeness (QED) is 0.832. The highest BCUT2D eigenvalue weighted by Gasteiger charge is 2.21. The van der Waals surface area contributed by atoms with Crippen LogP contribution < -0.4 is 10.6 Å². The topological polar surface area (TPSA) is 41.1 Å². The lowest BCUT2D eigenvalue weighted by molar-refractivity contribution is -0.113. The molecule has 1 aromatic rings. The van der Waals surface area contributed by atoms with Crippen molar-refractivity contribution in [2.45, 2.75) is 32.1 Å². The van der Waals surface area contributed by atoms with Crippen molar-refractivity contribution in [2.24, 2.45) is 0 Å². The summed E-state index contributed by atoms with van der Waals surface area (Å²) in [6.45, 7) is 0. The van der Waals surface area contributed by atoms with Crippen molar-refractivity contribution < 1.29 is 4.79 Å². The molecule has 0 saturated heterocycles. The molecule has 0 saturated carbocycles. The molecule has 3 rings (SSSR count). The van der Waals surface area contributed by atoms with Gasteiger partial charge in [-0.25, -0.2) is 0 Å². The van der Waals surface area contributed by atoms with Crippen molar-refractivity contribution in [3.8, 4) is 0 Å². The number of amides is 1. The Hall–Kier alpha value is -1.45. The predicted octanol–water partition coefficient (Wildman–Crippen LogP) is 4.64. The van der Waals surface area contributed by atoms with E-state index in [1.165, 1.54) is 24.1 Å². The lowest BCUT2D eigenvalue weighted by atomic mass is 9.89. The van der Waals surface area contributed by atoms with Gasteiger partial charge in [-0.1, -0.05) is 23.2 Å². The summed E-state index contributed by atoms with van der Waals surface area (Å²) in [5.74, 6) is -0.135. The summed E-state index contributed by atoms with van der Waals surface area (Å²) < 4.78 is 0. The average molecular weight is 323 g/mol. The van der Waals surface area contributed by atoms with Crippen LogP contribution >= 0.6 is 23.2 Å². The second-order valence-electron chi connectivity index (χ2n) is 5.36. The molecule has 0 aromatic heterocycles. The van der Waals surface area contributed by atoms with E-state index >= 15 is 0 Å². The van der Waals surface area contributed by atoms with Crippen molar-refractivity contribution in [1.29, 1.82) is 0 Å². The number of anilines is 1. The van der Waals surface area contributed by atoms with Gasteiger partial charge in [0.05, 0.1) is 10.7 Å². The van der Waals surface area contributed by atoms with Gasteiger partial charge in [-0.2, -0.15) is 0 Å². The molecule has 5 heteroatoms. The highest BCUT2D eigenvalue weighted by atomic mass is 35.5. The van der Waals surface area contributed by atoms with Gasteiger partial charge in [0.2, 0.25) is 0 Å². The predicted molar refractivity (Wildman–Crippen MR) is 86.4 cm³/mol. The number of dihydropyridines is 1. The van der Waals surface area contributed by atoms with Crippen LogP contribution in [-0.4, -0.2) is 5.91 Å². The van der Waals surface area contributed by atoms with Gasteiger partial charge in [-0.15, -0.1) is 0 Å². The lowest BCUT2D eigenvalue weighted by Gasteiger charge is -2.25. The van der Waals surface area contributed by atoms with Crippen LogP contribution in [0.2, 0.25) is 10.0 Å². The number of rotatable bonds is 2. The molecule has 0 spiro atoms. The molecule has 0 fully saturated rings. The molecular weight excluding hydrogens is 307 g/mol. The standard InChI is InChI=1S/C16H16Cl2N2O/c17-12-5-6-13(18)15(8-12)20-16(21)11-7-10-3-1-2-4-14(10)19-9-11/h5-6,8-9,19H,1-4,7H2,(H,20,21). The summed E-state index contributed by atoms with van der Waals surface area (Å²) in [5, 5.41) is 7.12. The van der Waals surface area contributed by atoms with Gasteiger partial charge in [-0.05, 0) is 49.5 Å². The second-order valence-corrected chi connectivity index (χ2v) is 6.20. The van der Waals surface area contributed by atoms with Crippen LogP contribution in [0.5, 0.6) is 0 Å². The summed E-state index contributed by atoms with van der Waals surface area (Å²) in [4.78, 5) is 12.4. The normalized spacial score (nSPS) is 17.7.